The molecule has 1 heterocycles. The quantitative estimate of drug-likeness (QED) is 0.177. The molecule has 4 rings (SSSR count). The Balaban J connectivity index is 1.82. The summed E-state index contributed by atoms with van der Waals surface area (Å²) in [5.74, 6) is -2.01. The molecule has 1 aliphatic rings. The first-order valence-electron chi connectivity index (χ1n) is 15.6. The lowest BCUT2D eigenvalue weighted by Gasteiger charge is -2.49. The fraction of sp³-hybridized carbons (Fsp3) is 0.389. The number of carbonyl (C=O) groups is 4. The summed E-state index contributed by atoms with van der Waals surface area (Å²) in [4.78, 5) is 52.4. The van der Waals surface area contributed by atoms with Gasteiger partial charge in [-0.1, -0.05) is 112 Å². The van der Waals surface area contributed by atoms with Gasteiger partial charge in [0.15, 0.2) is 18.3 Å². The molecule has 47 heavy (non-hydrogen) atoms. The lowest BCUT2D eigenvalue weighted by molar-refractivity contribution is -0.203. The van der Waals surface area contributed by atoms with Crippen molar-refractivity contribution < 1.29 is 42.6 Å². The number of amides is 1. The van der Waals surface area contributed by atoms with Crippen LogP contribution >= 0.6 is 0 Å². The van der Waals surface area contributed by atoms with E-state index in [1.807, 2.05) is 91.0 Å². The second kappa shape index (κ2) is 15.4. The highest BCUT2D eigenvalue weighted by Gasteiger charge is 2.55. The predicted octanol–water partition coefficient (Wildman–Crippen LogP) is 4.38. The van der Waals surface area contributed by atoms with E-state index in [2.05, 4.69) is 20.8 Å². The van der Waals surface area contributed by atoms with Gasteiger partial charge in [0, 0.05) is 20.8 Å². The van der Waals surface area contributed by atoms with Crippen LogP contribution in [0.2, 0.25) is 5.04 Å². The van der Waals surface area contributed by atoms with E-state index in [0.29, 0.717) is 0 Å². The molecule has 11 heteroatoms. The van der Waals surface area contributed by atoms with Crippen LogP contribution in [0.15, 0.2) is 91.0 Å². The zero-order valence-electron chi connectivity index (χ0n) is 27.7. The highest BCUT2D eigenvalue weighted by Crippen LogP contribution is 2.38. The number of carbonyl (C=O) groups excluding carboxylic acids is 4. The third kappa shape index (κ3) is 8.46. The molecule has 1 fully saturated rings. The van der Waals surface area contributed by atoms with Crippen LogP contribution in [0.25, 0.3) is 0 Å². The topological polar surface area (TPSA) is 118 Å². The van der Waals surface area contributed by atoms with E-state index < -0.39 is 61.7 Å². The van der Waals surface area contributed by atoms with Crippen LogP contribution in [0.5, 0.6) is 0 Å². The largest absolute Gasteiger partial charge is 0.457 e. The summed E-state index contributed by atoms with van der Waals surface area (Å²) in [5.41, 5.74) is 0.767. The molecule has 3 aromatic rings. The number of hydrogen-bond donors (Lipinski definition) is 0. The standard InChI is InChI=1S/C36H43NO9Si/c1-25(38)44-32-22-37(35(41)42-23-28-16-10-7-11-17-28)31(33(45-26(2)39)34(32)46-27(3)40)24-43-47(36(4,5)6,29-18-12-8-13-19-29)30-20-14-9-15-21-30/h7-21,31-34H,22-24H2,1-6H3/t31-,32+,33+,34-/m1/s1. The smallest absolute Gasteiger partial charge is 0.410 e. The third-order valence-corrected chi connectivity index (χ3v) is 13.1. The number of ether oxygens (including phenoxy) is 4. The molecule has 0 radical (unpaired) electrons. The molecule has 0 saturated carbocycles. The van der Waals surface area contributed by atoms with Gasteiger partial charge < -0.3 is 23.4 Å². The molecule has 0 aromatic heterocycles. The molecule has 3 aromatic carbocycles. The molecule has 4 atom stereocenters. The summed E-state index contributed by atoms with van der Waals surface area (Å²) in [6.45, 7) is 9.66. The van der Waals surface area contributed by atoms with Crippen LogP contribution in [-0.4, -0.2) is 74.7 Å². The number of rotatable bonds is 10. The van der Waals surface area contributed by atoms with Crippen LogP contribution in [0, 0.1) is 0 Å². The summed E-state index contributed by atoms with van der Waals surface area (Å²) in [7, 11) is -3.15. The van der Waals surface area contributed by atoms with Crippen molar-refractivity contribution in [2.24, 2.45) is 0 Å². The zero-order valence-corrected chi connectivity index (χ0v) is 28.7. The van der Waals surface area contributed by atoms with Gasteiger partial charge in [0.05, 0.1) is 19.2 Å². The number of nitrogens with zero attached hydrogens (tertiary/aromatic N) is 1. The lowest BCUT2D eigenvalue weighted by atomic mass is 9.93. The Morgan fingerprint density at radius 3 is 1.64 bits per heavy atom. The van der Waals surface area contributed by atoms with Crippen LogP contribution in [0.4, 0.5) is 4.79 Å². The summed E-state index contributed by atoms with van der Waals surface area (Å²) in [6.07, 6.45) is -4.35. The summed E-state index contributed by atoms with van der Waals surface area (Å²) in [5, 5.41) is 1.60. The van der Waals surface area contributed by atoms with Gasteiger partial charge in [-0.15, -0.1) is 0 Å². The molecular weight excluding hydrogens is 618 g/mol. The van der Waals surface area contributed by atoms with E-state index in [0.717, 1.165) is 15.9 Å². The Hall–Kier alpha value is -4.48. The molecule has 1 amide bonds. The van der Waals surface area contributed by atoms with Gasteiger partial charge in [0.1, 0.15) is 6.61 Å². The maximum absolute atomic E-state index is 13.9. The van der Waals surface area contributed by atoms with E-state index in [-0.39, 0.29) is 19.8 Å². The van der Waals surface area contributed by atoms with Crippen LogP contribution < -0.4 is 10.4 Å². The number of esters is 3. The number of piperidine rings is 1. The molecule has 10 nitrogen and oxygen atoms in total. The Morgan fingerprint density at radius 1 is 0.702 bits per heavy atom. The van der Waals surface area contributed by atoms with Crippen molar-refractivity contribution >= 4 is 42.7 Å². The normalized spacial score (nSPS) is 19.7. The van der Waals surface area contributed by atoms with E-state index in [4.69, 9.17) is 23.4 Å². The molecule has 1 saturated heterocycles. The van der Waals surface area contributed by atoms with Gasteiger partial charge in [-0.2, -0.15) is 0 Å². The molecule has 0 N–H and O–H groups in total. The summed E-state index contributed by atoms with van der Waals surface area (Å²) in [6, 6.07) is 28.1. The second-order valence-electron chi connectivity index (χ2n) is 12.5. The fourth-order valence-corrected chi connectivity index (χ4v) is 10.8. The minimum Gasteiger partial charge on any atom is -0.457 e. The van der Waals surface area contributed by atoms with Gasteiger partial charge in [-0.25, -0.2) is 4.79 Å². The Bertz CT molecular complexity index is 1470. The predicted molar refractivity (Wildman–Crippen MR) is 177 cm³/mol. The monoisotopic (exact) mass is 661 g/mol. The molecule has 0 bridgehead atoms. The van der Waals surface area contributed by atoms with E-state index >= 15 is 0 Å². The minimum absolute atomic E-state index is 0.0255. The summed E-state index contributed by atoms with van der Waals surface area (Å²) < 4.78 is 30.0. The zero-order chi connectivity index (χ0) is 34.2. The Kier molecular flexibility index (Phi) is 11.6. The van der Waals surface area contributed by atoms with Gasteiger partial charge in [0.2, 0.25) is 0 Å². The highest BCUT2D eigenvalue weighted by atomic mass is 28.4. The Labute approximate surface area is 277 Å². The van der Waals surface area contributed by atoms with Crippen molar-refractivity contribution in [2.75, 3.05) is 13.2 Å². The van der Waals surface area contributed by atoms with Gasteiger partial charge >= 0.3 is 24.0 Å². The lowest BCUT2D eigenvalue weighted by Crippen LogP contribution is -2.70. The van der Waals surface area contributed by atoms with E-state index in [1.54, 1.807) is 0 Å². The first-order chi connectivity index (χ1) is 22.3. The SMILES string of the molecule is CC(=O)O[C@@H]1[C@H](OC(C)=O)[C@@H](OC(C)=O)CN(C(=O)OCc2ccccc2)[C@@H]1CO[Si](c1ccccc1)(c1ccccc1)C(C)(C)C. The molecular formula is C36H43NO9Si. The van der Waals surface area contributed by atoms with Crippen molar-refractivity contribution in [1.29, 1.82) is 0 Å². The molecule has 250 valence electrons. The number of benzene rings is 3. The third-order valence-electron chi connectivity index (χ3n) is 8.09. The molecule has 0 aliphatic carbocycles. The fourth-order valence-electron chi connectivity index (χ4n) is 6.20. The maximum atomic E-state index is 13.9. The molecule has 1 aliphatic heterocycles. The van der Waals surface area contributed by atoms with Crippen molar-refractivity contribution in [1.82, 2.24) is 4.90 Å². The second-order valence-corrected chi connectivity index (χ2v) is 16.8. The Morgan fingerprint density at radius 2 is 1.17 bits per heavy atom. The average Bonchev–Trinajstić information content (AvgIpc) is 3.02. The number of likely N-dealkylation sites (tertiary alicyclic amines) is 1. The van der Waals surface area contributed by atoms with Gasteiger partial charge in [0.25, 0.3) is 8.32 Å². The molecule has 0 unspecified atom stereocenters. The van der Waals surface area contributed by atoms with Crippen LogP contribution in [0.3, 0.4) is 0 Å². The van der Waals surface area contributed by atoms with E-state index in [1.165, 1.54) is 25.7 Å². The average molecular weight is 662 g/mol. The van der Waals surface area contributed by atoms with Crippen molar-refractivity contribution in [3.8, 4) is 0 Å². The van der Waals surface area contributed by atoms with E-state index in [9.17, 15) is 19.2 Å². The van der Waals surface area contributed by atoms with Crippen molar-refractivity contribution in [3.05, 3.63) is 96.6 Å². The minimum atomic E-state index is -3.15. The highest BCUT2D eigenvalue weighted by molar-refractivity contribution is 6.99. The number of hydrogen-bond acceptors (Lipinski definition) is 9. The summed E-state index contributed by atoms with van der Waals surface area (Å²) >= 11 is 0. The maximum Gasteiger partial charge on any atom is 0.410 e. The van der Waals surface area contributed by atoms with Gasteiger partial charge in [-0.3, -0.25) is 19.3 Å². The first kappa shape index (κ1) is 35.4. The first-order valence-corrected chi connectivity index (χ1v) is 17.5. The van der Waals surface area contributed by atoms with Crippen molar-refractivity contribution in [2.45, 2.75) is 77.5 Å². The van der Waals surface area contributed by atoms with Crippen LogP contribution in [0.1, 0.15) is 47.1 Å². The van der Waals surface area contributed by atoms with Crippen molar-refractivity contribution in [3.63, 3.8) is 0 Å². The molecule has 0 spiro atoms. The van der Waals surface area contributed by atoms with Gasteiger partial charge in [-0.05, 0) is 21.0 Å². The van der Waals surface area contributed by atoms with Crippen LogP contribution in [-0.2, 0) is 44.4 Å².